The molecule has 0 radical (unpaired) electrons. The summed E-state index contributed by atoms with van der Waals surface area (Å²) in [5, 5.41) is 0.631. The van der Waals surface area contributed by atoms with Crippen molar-refractivity contribution in [3.63, 3.8) is 0 Å². The fraction of sp³-hybridized carbons (Fsp3) is 0.500. The molecule has 1 aromatic rings. The SMILES string of the molecule is CN1CCCC1c1cccnc1[S+]=O. The van der Waals surface area contributed by atoms with Gasteiger partial charge in [0, 0.05) is 16.4 Å². The molecule has 1 unspecified atom stereocenters. The minimum Gasteiger partial charge on any atom is -0.299 e. The van der Waals surface area contributed by atoms with Crippen molar-refractivity contribution >= 4 is 11.7 Å². The molecule has 4 heteroatoms. The Morgan fingerprint density at radius 2 is 2.50 bits per heavy atom. The minimum absolute atomic E-state index is 0.389. The van der Waals surface area contributed by atoms with E-state index in [-0.39, 0.29) is 0 Å². The van der Waals surface area contributed by atoms with Crippen LogP contribution in [0.1, 0.15) is 24.4 Å². The Morgan fingerprint density at radius 3 is 3.14 bits per heavy atom. The van der Waals surface area contributed by atoms with Gasteiger partial charge in [0.25, 0.3) is 0 Å². The summed E-state index contributed by atoms with van der Waals surface area (Å²) in [7, 11) is 2.10. The molecular formula is C10H13N2OS+. The highest BCUT2D eigenvalue weighted by Crippen LogP contribution is 2.31. The lowest BCUT2D eigenvalue weighted by Crippen LogP contribution is -2.18. The van der Waals surface area contributed by atoms with E-state index in [9.17, 15) is 4.21 Å². The molecule has 1 aliphatic rings. The lowest BCUT2D eigenvalue weighted by Gasteiger charge is -2.17. The van der Waals surface area contributed by atoms with Crippen molar-refractivity contribution in [1.82, 2.24) is 9.88 Å². The van der Waals surface area contributed by atoms with Crippen LogP contribution in [0.5, 0.6) is 0 Å². The fourth-order valence-electron chi connectivity index (χ4n) is 2.03. The molecular weight excluding hydrogens is 196 g/mol. The molecule has 2 rings (SSSR count). The standard InChI is InChI=1S/C10H13N2OS/c1-12-7-3-5-9(12)8-4-2-6-11-10(8)14-13/h2,4,6,9H,3,5,7H2,1H3/q+1. The van der Waals surface area contributed by atoms with E-state index >= 15 is 0 Å². The van der Waals surface area contributed by atoms with Gasteiger partial charge in [-0.15, -0.1) is 0 Å². The molecule has 0 aromatic carbocycles. The largest absolute Gasteiger partial charge is 0.527 e. The van der Waals surface area contributed by atoms with Crippen LogP contribution in [0.4, 0.5) is 0 Å². The second-order valence-corrected chi connectivity index (χ2v) is 4.17. The highest BCUT2D eigenvalue weighted by molar-refractivity contribution is 7.65. The highest BCUT2D eigenvalue weighted by Gasteiger charge is 2.29. The second-order valence-electron chi connectivity index (χ2n) is 3.62. The first kappa shape index (κ1) is 9.68. The molecule has 74 valence electrons. The molecule has 0 N–H and O–H groups in total. The summed E-state index contributed by atoms with van der Waals surface area (Å²) in [5.74, 6) is 0. The molecule has 1 atom stereocenters. The normalized spacial score (nSPS) is 22.5. The molecule has 1 fully saturated rings. The number of hydrogen-bond acceptors (Lipinski definition) is 3. The lowest BCUT2D eigenvalue weighted by atomic mass is 10.1. The summed E-state index contributed by atoms with van der Waals surface area (Å²) in [6, 6.07) is 4.31. The molecule has 3 nitrogen and oxygen atoms in total. The predicted molar refractivity (Wildman–Crippen MR) is 55.2 cm³/mol. The number of pyridine rings is 1. The Hall–Kier alpha value is -0.870. The molecule has 1 aromatic heterocycles. The summed E-state index contributed by atoms with van der Waals surface area (Å²) < 4.78 is 10.9. The van der Waals surface area contributed by atoms with E-state index in [2.05, 4.69) is 16.9 Å². The van der Waals surface area contributed by atoms with Crippen molar-refractivity contribution < 1.29 is 4.21 Å². The van der Waals surface area contributed by atoms with E-state index in [1.165, 1.54) is 6.42 Å². The van der Waals surface area contributed by atoms with Crippen LogP contribution >= 0.6 is 0 Å². The average molecular weight is 209 g/mol. The predicted octanol–water partition coefficient (Wildman–Crippen LogP) is 1.64. The zero-order valence-electron chi connectivity index (χ0n) is 8.14. The third kappa shape index (κ3) is 1.67. The van der Waals surface area contributed by atoms with Gasteiger partial charge in [0.2, 0.25) is 0 Å². The minimum atomic E-state index is 0.389. The molecule has 1 aliphatic heterocycles. The summed E-state index contributed by atoms with van der Waals surface area (Å²) in [5.41, 5.74) is 1.09. The number of aromatic nitrogens is 1. The highest BCUT2D eigenvalue weighted by atomic mass is 32.1. The number of rotatable bonds is 2. The molecule has 0 bridgehead atoms. The zero-order chi connectivity index (χ0) is 9.97. The smallest absolute Gasteiger partial charge is 0.299 e. The third-order valence-corrected chi connectivity index (χ3v) is 3.26. The van der Waals surface area contributed by atoms with E-state index in [0.29, 0.717) is 22.7 Å². The quantitative estimate of drug-likeness (QED) is 0.694. The van der Waals surface area contributed by atoms with Gasteiger partial charge < -0.3 is 0 Å². The molecule has 14 heavy (non-hydrogen) atoms. The van der Waals surface area contributed by atoms with Gasteiger partial charge in [-0.2, -0.15) is 4.98 Å². The van der Waals surface area contributed by atoms with Crippen LogP contribution in [0.3, 0.4) is 0 Å². The van der Waals surface area contributed by atoms with Gasteiger partial charge in [0.1, 0.15) is 0 Å². The Labute approximate surface area is 87.6 Å². The van der Waals surface area contributed by atoms with Crippen molar-refractivity contribution in [2.75, 3.05) is 13.6 Å². The van der Waals surface area contributed by atoms with Crippen LogP contribution in [-0.2, 0) is 15.9 Å². The van der Waals surface area contributed by atoms with Crippen LogP contribution < -0.4 is 0 Å². The first-order valence-electron chi connectivity index (χ1n) is 4.78. The molecule has 0 amide bonds. The first-order chi connectivity index (χ1) is 6.83. The van der Waals surface area contributed by atoms with Gasteiger partial charge >= 0.3 is 16.7 Å². The van der Waals surface area contributed by atoms with E-state index < -0.39 is 0 Å². The van der Waals surface area contributed by atoms with Gasteiger partial charge in [0.05, 0.1) is 5.56 Å². The Kier molecular flexibility index (Phi) is 2.84. The maximum atomic E-state index is 10.9. The summed E-state index contributed by atoms with van der Waals surface area (Å²) in [6.45, 7) is 1.11. The lowest BCUT2D eigenvalue weighted by molar-refractivity contribution is 0.313. The second kappa shape index (κ2) is 4.11. The fourth-order valence-corrected chi connectivity index (χ4v) is 2.43. The van der Waals surface area contributed by atoms with Crippen LogP contribution in [0, 0.1) is 0 Å². The first-order valence-corrected chi connectivity index (χ1v) is 5.52. The molecule has 0 aliphatic carbocycles. The monoisotopic (exact) mass is 209 g/mol. The molecule has 2 heterocycles. The van der Waals surface area contributed by atoms with Gasteiger partial charge in [0.15, 0.2) is 0 Å². The molecule has 1 saturated heterocycles. The molecule has 0 spiro atoms. The number of hydrogen-bond donors (Lipinski definition) is 0. The average Bonchev–Trinajstić information content (AvgIpc) is 2.64. The van der Waals surface area contributed by atoms with Crippen molar-refractivity contribution in [3.05, 3.63) is 23.9 Å². The van der Waals surface area contributed by atoms with E-state index in [0.717, 1.165) is 18.5 Å². The number of likely N-dealkylation sites (tertiary alicyclic amines) is 1. The molecule has 0 saturated carbocycles. The summed E-state index contributed by atoms with van der Waals surface area (Å²) in [6.07, 6.45) is 4.02. The maximum Gasteiger partial charge on any atom is 0.527 e. The maximum absolute atomic E-state index is 10.9. The van der Waals surface area contributed by atoms with Crippen LogP contribution in [0.25, 0.3) is 0 Å². The van der Waals surface area contributed by atoms with Gasteiger partial charge in [-0.3, -0.25) is 4.90 Å². The topological polar surface area (TPSA) is 33.2 Å². The van der Waals surface area contributed by atoms with E-state index in [1.54, 1.807) is 6.20 Å². The van der Waals surface area contributed by atoms with Crippen molar-refractivity contribution in [1.29, 1.82) is 0 Å². The van der Waals surface area contributed by atoms with Crippen molar-refractivity contribution in [2.45, 2.75) is 23.9 Å². The number of nitrogens with zero attached hydrogens (tertiary/aromatic N) is 2. The van der Waals surface area contributed by atoms with Crippen LogP contribution in [-0.4, -0.2) is 23.5 Å². The van der Waals surface area contributed by atoms with Crippen LogP contribution in [0.15, 0.2) is 23.4 Å². The summed E-state index contributed by atoms with van der Waals surface area (Å²) in [4.78, 5) is 6.39. The van der Waals surface area contributed by atoms with Gasteiger partial charge in [-0.25, -0.2) is 0 Å². The van der Waals surface area contributed by atoms with E-state index in [1.807, 2.05) is 12.1 Å². The third-order valence-electron chi connectivity index (χ3n) is 2.76. The Balaban J connectivity index is 2.34. The Bertz CT molecular complexity index is 343. The van der Waals surface area contributed by atoms with Crippen LogP contribution in [0.2, 0.25) is 0 Å². The Morgan fingerprint density at radius 1 is 1.64 bits per heavy atom. The van der Waals surface area contributed by atoms with E-state index in [4.69, 9.17) is 0 Å². The van der Waals surface area contributed by atoms with Crippen molar-refractivity contribution in [3.8, 4) is 0 Å². The van der Waals surface area contributed by atoms with Gasteiger partial charge in [-0.05, 0) is 38.6 Å². The summed E-state index contributed by atoms with van der Waals surface area (Å²) >= 11 is 0.497. The zero-order valence-corrected chi connectivity index (χ0v) is 8.96. The van der Waals surface area contributed by atoms with Crippen molar-refractivity contribution in [2.24, 2.45) is 0 Å². The van der Waals surface area contributed by atoms with Gasteiger partial charge in [-0.1, -0.05) is 0 Å².